The van der Waals surface area contributed by atoms with Crippen molar-refractivity contribution < 1.29 is 13.2 Å². The van der Waals surface area contributed by atoms with Gasteiger partial charge < -0.3 is 10.1 Å². The van der Waals surface area contributed by atoms with Crippen LogP contribution in [0.2, 0.25) is 0 Å². The lowest BCUT2D eigenvalue weighted by Gasteiger charge is -2.29. The second-order valence-corrected chi connectivity index (χ2v) is 7.14. The lowest BCUT2D eigenvalue weighted by molar-refractivity contribution is 0.446. The summed E-state index contributed by atoms with van der Waals surface area (Å²) in [6.45, 7) is 0. The second kappa shape index (κ2) is 6.31. The zero-order valence-electron chi connectivity index (χ0n) is 14.9. The summed E-state index contributed by atoms with van der Waals surface area (Å²) in [7, 11) is 0. The molecule has 7 nitrogen and oxygen atoms in total. The van der Waals surface area contributed by atoms with Crippen LogP contribution in [0, 0.1) is 17.5 Å². The standard InChI is InChI=1S/C19H15F3N6O/c20-11-6-13(22)12(21)4-9(11)10-5-15-16(7-14(10)23)28-2-1-8(3-17(28)24-15)18-25-19(29)27-26-18/h1-4,6,10,14H,5,7,23H2,(H2,25,26,27,29)/t10-,14+/m1/s1. The molecule has 0 spiro atoms. The van der Waals surface area contributed by atoms with Crippen LogP contribution in [0.3, 0.4) is 0 Å². The first-order chi connectivity index (χ1) is 13.9. The maximum Gasteiger partial charge on any atom is 0.340 e. The molecule has 148 valence electrons. The van der Waals surface area contributed by atoms with Crippen LogP contribution in [-0.2, 0) is 12.8 Å². The predicted molar refractivity (Wildman–Crippen MR) is 97.8 cm³/mol. The van der Waals surface area contributed by atoms with Gasteiger partial charge in [-0.2, -0.15) is 5.10 Å². The fourth-order valence-corrected chi connectivity index (χ4v) is 3.97. The molecule has 1 aliphatic carbocycles. The summed E-state index contributed by atoms with van der Waals surface area (Å²) in [6.07, 6.45) is 2.50. The van der Waals surface area contributed by atoms with E-state index in [1.54, 1.807) is 18.3 Å². The summed E-state index contributed by atoms with van der Waals surface area (Å²) in [5.41, 5.74) is 8.81. The van der Waals surface area contributed by atoms with E-state index in [-0.39, 0.29) is 5.56 Å². The molecule has 0 radical (unpaired) electrons. The monoisotopic (exact) mass is 400 g/mol. The number of imidazole rings is 1. The number of benzene rings is 1. The van der Waals surface area contributed by atoms with Crippen LogP contribution in [0.5, 0.6) is 0 Å². The average molecular weight is 400 g/mol. The van der Waals surface area contributed by atoms with Crippen LogP contribution < -0.4 is 11.4 Å². The third kappa shape index (κ3) is 2.83. The van der Waals surface area contributed by atoms with Crippen LogP contribution in [0.4, 0.5) is 13.2 Å². The molecule has 0 aliphatic heterocycles. The highest BCUT2D eigenvalue weighted by Crippen LogP contribution is 2.34. The Balaban J connectivity index is 1.56. The van der Waals surface area contributed by atoms with Crippen molar-refractivity contribution >= 4 is 5.65 Å². The molecule has 1 aliphatic rings. The van der Waals surface area contributed by atoms with Gasteiger partial charge in [0.25, 0.3) is 0 Å². The van der Waals surface area contributed by atoms with Gasteiger partial charge in [0.15, 0.2) is 17.5 Å². The molecule has 0 fully saturated rings. The maximum atomic E-state index is 14.3. The minimum atomic E-state index is -1.23. The molecule has 0 unspecified atom stereocenters. The van der Waals surface area contributed by atoms with Crippen molar-refractivity contribution in [3.63, 3.8) is 0 Å². The summed E-state index contributed by atoms with van der Waals surface area (Å²) in [5, 5.41) is 6.22. The van der Waals surface area contributed by atoms with Crippen molar-refractivity contribution in [3.8, 4) is 11.4 Å². The van der Waals surface area contributed by atoms with E-state index in [0.29, 0.717) is 41.6 Å². The van der Waals surface area contributed by atoms with Crippen molar-refractivity contribution in [1.29, 1.82) is 0 Å². The van der Waals surface area contributed by atoms with Gasteiger partial charge in [-0.3, -0.25) is 4.98 Å². The number of hydrogen-bond acceptors (Lipinski definition) is 4. The molecule has 4 N–H and O–H groups in total. The smallest absolute Gasteiger partial charge is 0.327 e. The van der Waals surface area contributed by atoms with Crippen molar-refractivity contribution in [2.45, 2.75) is 24.8 Å². The molecule has 1 aromatic carbocycles. The molecule has 2 atom stereocenters. The lowest BCUT2D eigenvalue weighted by Crippen LogP contribution is -2.37. The Morgan fingerprint density at radius 2 is 1.90 bits per heavy atom. The number of pyridine rings is 1. The first-order valence-corrected chi connectivity index (χ1v) is 8.95. The fourth-order valence-electron chi connectivity index (χ4n) is 3.97. The van der Waals surface area contributed by atoms with Crippen molar-refractivity contribution in [2.24, 2.45) is 5.73 Å². The van der Waals surface area contributed by atoms with E-state index in [1.807, 2.05) is 4.40 Å². The molecule has 5 rings (SSSR count). The van der Waals surface area contributed by atoms with Gasteiger partial charge in [0.1, 0.15) is 11.5 Å². The van der Waals surface area contributed by atoms with Gasteiger partial charge in [-0.25, -0.2) is 28.0 Å². The Morgan fingerprint density at radius 1 is 1.10 bits per heavy atom. The third-order valence-corrected chi connectivity index (χ3v) is 5.38. The number of aromatic amines is 2. The zero-order valence-corrected chi connectivity index (χ0v) is 14.9. The van der Waals surface area contributed by atoms with Crippen LogP contribution in [-0.4, -0.2) is 30.6 Å². The number of fused-ring (bicyclic) bond motifs is 3. The number of halogens is 3. The van der Waals surface area contributed by atoms with Gasteiger partial charge in [0, 0.05) is 41.9 Å². The number of aromatic nitrogens is 5. The minimum absolute atomic E-state index is 0.0499. The van der Waals surface area contributed by atoms with Crippen molar-refractivity contribution in [3.05, 3.63) is 75.3 Å². The maximum absolute atomic E-state index is 14.3. The minimum Gasteiger partial charge on any atom is -0.327 e. The highest BCUT2D eigenvalue weighted by molar-refractivity contribution is 5.62. The third-order valence-electron chi connectivity index (χ3n) is 5.38. The number of nitrogens with zero attached hydrogens (tertiary/aromatic N) is 3. The van der Waals surface area contributed by atoms with Crippen LogP contribution in [0.25, 0.3) is 17.0 Å². The highest BCUT2D eigenvalue weighted by Gasteiger charge is 2.33. The quantitative estimate of drug-likeness (QED) is 0.448. The van der Waals surface area contributed by atoms with Crippen molar-refractivity contribution in [2.75, 3.05) is 0 Å². The predicted octanol–water partition coefficient (Wildman–Crippen LogP) is 2.04. The van der Waals surface area contributed by atoms with E-state index in [9.17, 15) is 18.0 Å². The van der Waals surface area contributed by atoms with Gasteiger partial charge in [-0.1, -0.05) is 0 Å². The zero-order chi connectivity index (χ0) is 20.3. The molecule has 3 heterocycles. The normalized spacial score (nSPS) is 18.9. The Bertz CT molecular complexity index is 1310. The van der Waals surface area contributed by atoms with Crippen molar-refractivity contribution in [1.82, 2.24) is 24.6 Å². The van der Waals surface area contributed by atoms with E-state index >= 15 is 0 Å². The summed E-state index contributed by atoms with van der Waals surface area (Å²) in [6, 6.07) is 4.50. The largest absolute Gasteiger partial charge is 0.340 e. The fraction of sp³-hybridized carbons (Fsp3) is 0.211. The number of H-pyrrole nitrogens is 2. The first-order valence-electron chi connectivity index (χ1n) is 8.95. The van der Waals surface area contributed by atoms with Gasteiger partial charge in [-0.15, -0.1) is 0 Å². The topological polar surface area (TPSA) is 105 Å². The summed E-state index contributed by atoms with van der Waals surface area (Å²) < 4.78 is 43.1. The molecule has 29 heavy (non-hydrogen) atoms. The molecule has 0 bridgehead atoms. The van der Waals surface area contributed by atoms with E-state index in [1.165, 1.54) is 0 Å². The molecule has 10 heteroatoms. The summed E-state index contributed by atoms with van der Waals surface area (Å²) >= 11 is 0. The van der Waals surface area contributed by atoms with E-state index in [4.69, 9.17) is 5.73 Å². The molecule has 0 saturated heterocycles. The number of nitrogens with one attached hydrogen (secondary N) is 2. The van der Waals surface area contributed by atoms with Crippen LogP contribution >= 0.6 is 0 Å². The van der Waals surface area contributed by atoms with Gasteiger partial charge in [0.05, 0.1) is 5.69 Å². The average Bonchev–Trinajstić information content (AvgIpc) is 3.27. The molecular formula is C19H15F3N6O. The number of hydrogen-bond donors (Lipinski definition) is 3. The molecule has 0 saturated carbocycles. The van der Waals surface area contributed by atoms with E-state index < -0.39 is 35.1 Å². The van der Waals surface area contributed by atoms with Gasteiger partial charge in [0.2, 0.25) is 0 Å². The Morgan fingerprint density at radius 3 is 2.66 bits per heavy atom. The molecule has 4 aromatic rings. The summed E-state index contributed by atoms with van der Waals surface area (Å²) in [4.78, 5) is 18.5. The molecular weight excluding hydrogens is 385 g/mol. The molecule has 3 aromatic heterocycles. The SMILES string of the molecule is N[C@H]1Cc2c(nc3cc(-c4n[nH]c(=O)[nH]4)ccn23)C[C@@H]1c1cc(F)c(F)cc1F. The van der Waals surface area contributed by atoms with Crippen LogP contribution in [0.1, 0.15) is 22.9 Å². The number of nitrogens with two attached hydrogens (primary N) is 1. The Kier molecular flexibility index (Phi) is 3.85. The van der Waals surface area contributed by atoms with Gasteiger partial charge in [-0.05, 0) is 30.2 Å². The second-order valence-electron chi connectivity index (χ2n) is 7.14. The van der Waals surface area contributed by atoms with Crippen LogP contribution in [0.15, 0.2) is 35.3 Å². The summed E-state index contributed by atoms with van der Waals surface area (Å²) in [5.74, 6) is -3.29. The number of rotatable bonds is 2. The Labute approximate surface area is 161 Å². The highest BCUT2D eigenvalue weighted by atomic mass is 19.2. The molecule has 0 amide bonds. The first kappa shape index (κ1) is 17.7. The lowest BCUT2D eigenvalue weighted by atomic mass is 9.80. The van der Waals surface area contributed by atoms with E-state index in [0.717, 1.165) is 11.8 Å². The van der Waals surface area contributed by atoms with Gasteiger partial charge >= 0.3 is 5.69 Å². The van der Waals surface area contributed by atoms with E-state index in [2.05, 4.69) is 20.2 Å². The Hall–Kier alpha value is -3.40.